The molecular formula is C20H24FN3O2. The quantitative estimate of drug-likeness (QED) is 0.893. The molecule has 138 valence electrons. The Bertz CT molecular complexity index is 817. The van der Waals surface area contributed by atoms with Crippen LogP contribution in [0.2, 0.25) is 0 Å². The van der Waals surface area contributed by atoms with Gasteiger partial charge in [-0.2, -0.15) is 0 Å². The molecule has 0 aliphatic rings. The topological polar surface area (TPSA) is 62.3 Å². The maximum absolute atomic E-state index is 14.2. The number of aromatic nitrogens is 1. The number of nitrogens with zero attached hydrogens (tertiary/aromatic N) is 2. The first-order valence-corrected chi connectivity index (χ1v) is 8.48. The van der Waals surface area contributed by atoms with E-state index in [1.165, 1.54) is 19.3 Å². The van der Waals surface area contributed by atoms with Crippen LogP contribution >= 0.6 is 0 Å². The molecule has 6 heteroatoms. The van der Waals surface area contributed by atoms with E-state index in [2.05, 4.69) is 10.3 Å². The number of hydrogen-bond acceptors (Lipinski definition) is 3. The molecule has 0 fully saturated rings. The van der Waals surface area contributed by atoms with Gasteiger partial charge >= 0.3 is 0 Å². The molecule has 2 amide bonds. The zero-order valence-electron chi connectivity index (χ0n) is 15.8. The van der Waals surface area contributed by atoms with Crippen LogP contribution in [-0.4, -0.2) is 42.3 Å². The molecule has 2 rings (SSSR count). The Balaban J connectivity index is 2.35. The zero-order valence-corrected chi connectivity index (χ0v) is 15.8. The van der Waals surface area contributed by atoms with Gasteiger partial charge in [-0.25, -0.2) is 4.39 Å². The van der Waals surface area contributed by atoms with Crippen molar-refractivity contribution in [2.24, 2.45) is 5.92 Å². The highest BCUT2D eigenvalue weighted by Crippen LogP contribution is 2.26. The Kier molecular flexibility index (Phi) is 6.08. The van der Waals surface area contributed by atoms with Crippen LogP contribution in [0.1, 0.15) is 40.3 Å². The van der Waals surface area contributed by atoms with Crippen LogP contribution in [0.25, 0.3) is 11.1 Å². The van der Waals surface area contributed by atoms with E-state index in [1.54, 1.807) is 37.1 Å². The molecule has 0 atom stereocenters. The number of pyridine rings is 1. The van der Waals surface area contributed by atoms with Gasteiger partial charge in [0.1, 0.15) is 11.5 Å². The van der Waals surface area contributed by atoms with Crippen molar-refractivity contribution in [1.29, 1.82) is 0 Å². The maximum Gasteiger partial charge on any atom is 0.272 e. The lowest BCUT2D eigenvalue weighted by Gasteiger charge is -2.19. The molecule has 2 aromatic rings. The summed E-state index contributed by atoms with van der Waals surface area (Å²) in [5.41, 5.74) is 2.22. The van der Waals surface area contributed by atoms with Gasteiger partial charge in [-0.05, 0) is 42.2 Å². The number of amides is 2. The van der Waals surface area contributed by atoms with E-state index < -0.39 is 5.82 Å². The van der Waals surface area contributed by atoms with E-state index >= 15 is 0 Å². The molecule has 0 spiro atoms. The fraction of sp³-hybridized carbons (Fsp3) is 0.350. The van der Waals surface area contributed by atoms with Gasteiger partial charge in [0.25, 0.3) is 11.8 Å². The number of hydrogen-bond donors (Lipinski definition) is 1. The highest BCUT2D eigenvalue weighted by molar-refractivity contribution is 5.96. The second kappa shape index (κ2) is 8.08. The first kappa shape index (κ1) is 19.6. The molecule has 0 bridgehead atoms. The SMILES string of the molecule is CNC(=O)c1cc(F)c(C)c(-c2ccc(C(=O)N(C)CC(C)C)nc2)c1. The molecule has 1 N–H and O–H groups in total. The summed E-state index contributed by atoms with van der Waals surface area (Å²) >= 11 is 0. The predicted octanol–water partition coefficient (Wildman–Crippen LogP) is 3.28. The van der Waals surface area contributed by atoms with Gasteiger partial charge in [-0.15, -0.1) is 0 Å². The fourth-order valence-electron chi connectivity index (χ4n) is 2.76. The number of carbonyl (C=O) groups excluding carboxylic acids is 2. The minimum atomic E-state index is -0.460. The standard InChI is InChI=1S/C20H24FN3O2/c1-12(2)11-24(5)20(26)18-7-6-14(10-23-18)16-8-15(19(25)22-4)9-17(21)13(16)3/h6-10,12H,11H2,1-5H3,(H,22,25). The lowest BCUT2D eigenvalue weighted by Crippen LogP contribution is -2.30. The monoisotopic (exact) mass is 357 g/mol. The van der Waals surface area contributed by atoms with Crippen molar-refractivity contribution in [3.8, 4) is 11.1 Å². The molecule has 0 radical (unpaired) electrons. The number of rotatable bonds is 5. The highest BCUT2D eigenvalue weighted by Gasteiger charge is 2.16. The molecule has 5 nitrogen and oxygen atoms in total. The lowest BCUT2D eigenvalue weighted by molar-refractivity contribution is 0.0773. The summed E-state index contributed by atoms with van der Waals surface area (Å²) in [7, 11) is 3.24. The van der Waals surface area contributed by atoms with E-state index in [1.807, 2.05) is 13.8 Å². The summed E-state index contributed by atoms with van der Waals surface area (Å²) in [5.74, 6) is -0.619. The second-order valence-corrected chi connectivity index (χ2v) is 6.72. The van der Waals surface area contributed by atoms with Crippen molar-refractivity contribution in [2.75, 3.05) is 20.6 Å². The maximum atomic E-state index is 14.2. The Morgan fingerprint density at radius 2 is 1.96 bits per heavy atom. The summed E-state index contributed by atoms with van der Waals surface area (Å²) in [4.78, 5) is 30.1. The normalized spacial score (nSPS) is 10.7. The largest absolute Gasteiger partial charge is 0.355 e. The molecule has 0 unspecified atom stereocenters. The van der Waals surface area contributed by atoms with Gasteiger partial charge in [0, 0.05) is 38.0 Å². The lowest BCUT2D eigenvalue weighted by atomic mass is 9.98. The van der Waals surface area contributed by atoms with Crippen molar-refractivity contribution in [2.45, 2.75) is 20.8 Å². The van der Waals surface area contributed by atoms with Gasteiger partial charge < -0.3 is 10.2 Å². The van der Waals surface area contributed by atoms with E-state index in [0.29, 0.717) is 34.8 Å². The van der Waals surface area contributed by atoms with Crippen LogP contribution in [0.4, 0.5) is 4.39 Å². The van der Waals surface area contributed by atoms with Gasteiger partial charge in [0.15, 0.2) is 0 Å². The van der Waals surface area contributed by atoms with Gasteiger partial charge in [-0.1, -0.05) is 19.9 Å². The van der Waals surface area contributed by atoms with Crippen LogP contribution in [0.15, 0.2) is 30.5 Å². The highest BCUT2D eigenvalue weighted by atomic mass is 19.1. The zero-order chi connectivity index (χ0) is 19.4. The Morgan fingerprint density at radius 1 is 1.27 bits per heavy atom. The van der Waals surface area contributed by atoms with E-state index in [4.69, 9.17) is 0 Å². The third kappa shape index (κ3) is 4.25. The molecule has 0 saturated carbocycles. The number of benzene rings is 1. The van der Waals surface area contributed by atoms with Gasteiger partial charge in [0.2, 0.25) is 0 Å². The summed E-state index contributed by atoms with van der Waals surface area (Å²) in [6.45, 7) is 6.36. The molecule has 1 aromatic heterocycles. The van der Waals surface area contributed by atoms with Gasteiger partial charge in [0.05, 0.1) is 0 Å². The van der Waals surface area contributed by atoms with Crippen molar-refractivity contribution in [3.05, 3.63) is 53.1 Å². The van der Waals surface area contributed by atoms with Crippen molar-refractivity contribution in [1.82, 2.24) is 15.2 Å². The molecule has 0 aliphatic carbocycles. The smallest absolute Gasteiger partial charge is 0.272 e. The van der Waals surface area contributed by atoms with E-state index in [-0.39, 0.29) is 17.4 Å². The molecule has 1 heterocycles. The summed E-state index contributed by atoms with van der Waals surface area (Å²) in [6, 6.07) is 6.18. The number of carbonyl (C=O) groups is 2. The number of halogens is 1. The minimum absolute atomic E-state index is 0.160. The average Bonchev–Trinajstić information content (AvgIpc) is 2.62. The molecule has 26 heavy (non-hydrogen) atoms. The van der Waals surface area contributed by atoms with Crippen LogP contribution in [0, 0.1) is 18.7 Å². The summed E-state index contributed by atoms with van der Waals surface area (Å²) in [5, 5.41) is 2.49. The van der Waals surface area contributed by atoms with Crippen LogP contribution < -0.4 is 5.32 Å². The average molecular weight is 357 g/mol. The first-order chi connectivity index (χ1) is 12.2. The first-order valence-electron chi connectivity index (χ1n) is 8.48. The summed E-state index contributed by atoms with van der Waals surface area (Å²) in [6.07, 6.45) is 1.53. The van der Waals surface area contributed by atoms with Crippen LogP contribution in [0.3, 0.4) is 0 Å². The van der Waals surface area contributed by atoms with E-state index in [9.17, 15) is 14.0 Å². The molecule has 1 aromatic carbocycles. The Morgan fingerprint density at radius 3 is 2.50 bits per heavy atom. The molecule has 0 saturated heterocycles. The summed E-state index contributed by atoms with van der Waals surface area (Å²) < 4.78 is 14.2. The Labute approximate surface area is 153 Å². The van der Waals surface area contributed by atoms with Crippen molar-refractivity contribution >= 4 is 11.8 Å². The van der Waals surface area contributed by atoms with Crippen molar-refractivity contribution < 1.29 is 14.0 Å². The Hall–Kier alpha value is -2.76. The third-order valence-electron chi connectivity index (χ3n) is 4.11. The predicted molar refractivity (Wildman–Crippen MR) is 99.6 cm³/mol. The number of nitrogens with one attached hydrogen (secondary N) is 1. The molecule has 0 aliphatic heterocycles. The van der Waals surface area contributed by atoms with Crippen LogP contribution in [-0.2, 0) is 0 Å². The minimum Gasteiger partial charge on any atom is -0.355 e. The van der Waals surface area contributed by atoms with Crippen LogP contribution in [0.5, 0.6) is 0 Å². The molecular weight excluding hydrogens is 333 g/mol. The van der Waals surface area contributed by atoms with Crippen molar-refractivity contribution in [3.63, 3.8) is 0 Å². The van der Waals surface area contributed by atoms with Gasteiger partial charge in [-0.3, -0.25) is 14.6 Å². The van der Waals surface area contributed by atoms with E-state index in [0.717, 1.165) is 0 Å². The second-order valence-electron chi connectivity index (χ2n) is 6.72. The third-order valence-corrected chi connectivity index (χ3v) is 4.11. The fourth-order valence-corrected chi connectivity index (χ4v) is 2.76.